The van der Waals surface area contributed by atoms with Crippen LogP contribution < -0.4 is 10.1 Å². The Labute approximate surface area is 196 Å². The molecule has 0 saturated heterocycles. The van der Waals surface area contributed by atoms with E-state index in [0.29, 0.717) is 5.69 Å². The number of hydrogen-bond donors (Lipinski definition) is 1. The number of pyridine rings is 1. The van der Waals surface area contributed by atoms with Gasteiger partial charge in [-0.1, -0.05) is 18.2 Å². The maximum Gasteiger partial charge on any atom is 0.416 e. The Morgan fingerprint density at radius 3 is 2.46 bits per heavy atom. The summed E-state index contributed by atoms with van der Waals surface area (Å²) in [6, 6.07) is 13.0. The summed E-state index contributed by atoms with van der Waals surface area (Å²) in [7, 11) is 0. The zero-order chi connectivity index (χ0) is 25.0. The lowest BCUT2D eigenvalue weighted by molar-refractivity contribution is -0.138. The molecule has 0 spiro atoms. The van der Waals surface area contributed by atoms with Gasteiger partial charge in [0.15, 0.2) is 5.82 Å². The molecule has 0 saturated carbocycles. The van der Waals surface area contributed by atoms with Gasteiger partial charge in [-0.15, -0.1) is 0 Å². The van der Waals surface area contributed by atoms with E-state index in [9.17, 15) is 26.7 Å². The molecule has 1 N–H and O–H groups in total. The maximum absolute atomic E-state index is 13.8. The Morgan fingerprint density at radius 2 is 1.77 bits per heavy atom. The Bertz CT molecular complexity index is 1320. The lowest BCUT2D eigenvalue weighted by Crippen LogP contribution is -2.16. The first-order valence-corrected chi connectivity index (χ1v) is 10.2. The van der Waals surface area contributed by atoms with Crippen molar-refractivity contribution in [2.75, 3.05) is 5.32 Å². The van der Waals surface area contributed by atoms with Crippen molar-refractivity contribution in [2.24, 2.45) is 0 Å². The number of alkyl halides is 3. The van der Waals surface area contributed by atoms with Crippen LogP contribution in [-0.4, -0.2) is 20.7 Å². The lowest BCUT2D eigenvalue weighted by atomic mass is 10.1. The molecule has 0 aliphatic rings. The highest BCUT2D eigenvalue weighted by atomic mass is 19.4. The fourth-order valence-electron chi connectivity index (χ4n) is 3.27. The van der Waals surface area contributed by atoms with Crippen LogP contribution in [0.25, 0.3) is 0 Å². The first-order valence-electron chi connectivity index (χ1n) is 10.2. The number of carbonyl (C=O) groups excluding carboxylic acids is 1. The average molecular weight is 488 g/mol. The Morgan fingerprint density at radius 1 is 1.00 bits per heavy atom. The number of benzene rings is 2. The van der Waals surface area contributed by atoms with E-state index in [4.69, 9.17) is 4.74 Å². The predicted molar refractivity (Wildman–Crippen MR) is 116 cm³/mol. The highest BCUT2D eigenvalue weighted by Gasteiger charge is 2.34. The van der Waals surface area contributed by atoms with Crippen molar-refractivity contribution in [3.8, 4) is 5.75 Å². The van der Waals surface area contributed by atoms with E-state index < -0.39 is 34.8 Å². The molecule has 2 heterocycles. The third kappa shape index (κ3) is 5.81. The van der Waals surface area contributed by atoms with Crippen LogP contribution in [0.15, 0.2) is 73.1 Å². The lowest BCUT2D eigenvalue weighted by Gasteiger charge is -2.15. The molecule has 11 heteroatoms. The van der Waals surface area contributed by atoms with Gasteiger partial charge in [0.2, 0.25) is 0 Å². The van der Waals surface area contributed by atoms with E-state index in [-0.39, 0.29) is 30.3 Å². The van der Waals surface area contributed by atoms with Crippen molar-refractivity contribution < 1.29 is 31.5 Å². The van der Waals surface area contributed by atoms with Gasteiger partial charge in [0.25, 0.3) is 5.91 Å². The van der Waals surface area contributed by atoms with Crippen LogP contribution in [-0.2, 0) is 19.3 Å². The van der Waals surface area contributed by atoms with Gasteiger partial charge in [-0.2, -0.15) is 18.3 Å². The number of nitrogens with one attached hydrogen (secondary N) is 1. The van der Waals surface area contributed by atoms with E-state index in [0.717, 1.165) is 28.9 Å². The third-order valence-corrected chi connectivity index (χ3v) is 4.90. The van der Waals surface area contributed by atoms with E-state index in [1.807, 2.05) is 0 Å². The highest BCUT2D eigenvalue weighted by Crippen LogP contribution is 2.35. The van der Waals surface area contributed by atoms with Crippen molar-refractivity contribution in [1.29, 1.82) is 0 Å². The molecule has 2 aromatic carbocycles. The number of ether oxygens (including phenoxy) is 1. The molecule has 0 aliphatic carbocycles. The first kappa shape index (κ1) is 23.9. The summed E-state index contributed by atoms with van der Waals surface area (Å²) in [5.41, 5.74) is -1.23. The minimum absolute atomic E-state index is 0.00228. The van der Waals surface area contributed by atoms with Gasteiger partial charge in [-0.25, -0.2) is 8.78 Å². The maximum atomic E-state index is 13.8. The molecule has 4 rings (SSSR count). The SMILES string of the molecule is O=C(Nc1ccn(Cc2ccc(OCc3ccccn3)cc2C(F)(F)F)n1)c1c(F)cccc1F. The van der Waals surface area contributed by atoms with Gasteiger partial charge in [-0.3, -0.25) is 14.5 Å². The third-order valence-electron chi connectivity index (χ3n) is 4.90. The van der Waals surface area contributed by atoms with Crippen molar-refractivity contribution in [3.63, 3.8) is 0 Å². The number of hydrogen-bond acceptors (Lipinski definition) is 4. The molecule has 180 valence electrons. The van der Waals surface area contributed by atoms with Crippen LogP contribution in [0.2, 0.25) is 0 Å². The monoisotopic (exact) mass is 488 g/mol. The average Bonchev–Trinajstić information content (AvgIpc) is 3.25. The van der Waals surface area contributed by atoms with Gasteiger partial charge in [-0.05, 0) is 42.0 Å². The van der Waals surface area contributed by atoms with Gasteiger partial charge >= 0.3 is 6.18 Å². The number of aromatic nitrogens is 3. The number of nitrogens with zero attached hydrogens (tertiary/aromatic N) is 3. The van der Waals surface area contributed by atoms with Crippen LogP contribution in [0.5, 0.6) is 5.75 Å². The first-order chi connectivity index (χ1) is 16.7. The number of halogens is 5. The summed E-state index contributed by atoms with van der Waals surface area (Å²) in [4.78, 5) is 16.3. The number of anilines is 1. The second kappa shape index (κ2) is 9.92. The second-order valence-corrected chi connectivity index (χ2v) is 7.38. The molecule has 35 heavy (non-hydrogen) atoms. The quantitative estimate of drug-likeness (QED) is 0.351. The highest BCUT2D eigenvalue weighted by molar-refractivity contribution is 6.04. The van der Waals surface area contributed by atoms with Crippen LogP contribution >= 0.6 is 0 Å². The topological polar surface area (TPSA) is 69.0 Å². The minimum Gasteiger partial charge on any atom is -0.487 e. The summed E-state index contributed by atoms with van der Waals surface area (Å²) in [6.45, 7) is -0.276. The Kier molecular flexibility index (Phi) is 6.76. The van der Waals surface area contributed by atoms with Gasteiger partial charge in [0.1, 0.15) is 29.6 Å². The predicted octanol–water partition coefficient (Wildman–Crippen LogP) is 5.45. The number of carbonyl (C=O) groups is 1. The fraction of sp³-hybridized carbons (Fsp3) is 0.125. The largest absolute Gasteiger partial charge is 0.487 e. The van der Waals surface area contributed by atoms with Crippen molar-refractivity contribution >= 4 is 11.7 Å². The van der Waals surface area contributed by atoms with Crippen LogP contribution in [0.3, 0.4) is 0 Å². The fourth-order valence-corrected chi connectivity index (χ4v) is 3.27. The normalized spacial score (nSPS) is 11.3. The van der Waals surface area contributed by atoms with Crippen molar-refractivity contribution in [2.45, 2.75) is 19.3 Å². The van der Waals surface area contributed by atoms with Gasteiger partial charge in [0.05, 0.1) is 17.8 Å². The zero-order valence-corrected chi connectivity index (χ0v) is 17.9. The minimum atomic E-state index is -4.66. The summed E-state index contributed by atoms with van der Waals surface area (Å²) < 4.78 is 75.3. The molecule has 0 bridgehead atoms. The van der Waals surface area contributed by atoms with Crippen LogP contribution in [0.1, 0.15) is 27.2 Å². The molecule has 0 radical (unpaired) electrons. The van der Waals surface area contributed by atoms with Gasteiger partial charge in [0, 0.05) is 18.5 Å². The standard InChI is InChI=1S/C24H17F5N4O2/c25-19-5-3-6-20(26)22(19)23(34)31-21-9-11-33(32-21)13-15-7-8-17(12-18(15)24(27,28)29)35-14-16-4-1-2-10-30-16/h1-12H,13-14H2,(H,31,32,34). The molecule has 0 unspecified atom stereocenters. The van der Waals surface area contributed by atoms with Crippen molar-refractivity contribution in [3.05, 3.63) is 107 Å². The summed E-state index contributed by atoms with van der Waals surface area (Å²) in [5, 5.41) is 6.22. The van der Waals surface area contributed by atoms with Gasteiger partial charge < -0.3 is 10.1 Å². The van der Waals surface area contributed by atoms with E-state index in [1.165, 1.54) is 24.4 Å². The smallest absolute Gasteiger partial charge is 0.416 e. The van der Waals surface area contributed by atoms with E-state index in [1.54, 1.807) is 24.4 Å². The number of rotatable bonds is 7. The Hall–Kier alpha value is -4.28. The molecule has 4 aromatic rings. The molecule has 0 aliphatic heterocycles. The van der Waals surface area contributed by atoms with E-state index in [2.05, 4.69) is 15.4 Å². The molecular weight excluding hydrogens is 471 g/mol. The molecule has 0 atom stereocenters. The van der Waals surface area contributed by atoms with Crippen LogP contribution in [0, 0.1) is 11.6 Å². The molecule has 2 aromatic heterocycles. The summed E-state index contributed by atoms with van der Waals surface area (Å²) in [5.74, 6) is -3.24. The summed E-state index contributed by atoms with van der Waals surface area (Å²) in [6.07, 6.45) is -1.78. The van der Waals surface area contributed by atoms with Crippen LogP contribution in [0.4, 0.5) is 27.8 Å². The second-order valence-electron chi connectivity index (χ2n) is 7.38. The molecule has 0 fully saturated rings. The van der Waals surface area contributed by atoms with Crippen molar-refractivity contribution in [1.82, 2.24) is 14.8 Å². The van der Waals surface area contributed by atoms with E-state index >= 15 is 0 Å². The molecular formula is C24H17F5N4O2. The zero-order valence-electron chi connectivity index (χ0n) is 17.9. The summed E-state index contributed by atoms with van der Waals surface area (Å²) >= 11 is 0. The molecule has 1 amide bonds. The molecule has 6 nitrogen and oxygen atoms in total. The number of amides is 1. The Balaban J connectivity index is 1.49.